The number of nitrogens with one attached hydrogen (secondary N) is 1. The molecular weight excluding hydrogens is 273 g/mol. The third-order valence-corrected chi connectivity index (χ3v) is 3.05. The maximum Gasteiger partial charge on any atom is 0.246 e. The van der Waals surface area contributed by atoms with Gasteiger partial charge in [0.25, 0.3) is 0 Å². The van der Waals surface area contributed by atoms with E-state index in [0.717, 1.165) is 5.56 Å². The summed E-state index contributed by atoms with van der Waals surface area (Å²) in [4.78, 5) is 11.8. The average molecular weight is 284 g/mol. The summed E-state index contributed by atoms with van der Waals surface area (Å²) in [5.41, 5.74) is 1.54. The lowest BCUT2D eigenvalue weighted by molar-refractivity contribution is -0.116. The van der Waals surface area contributed by atoms with Gasteiger partial charge in [0.2, 0.25) is 5.91 Å². The molecule has 4 nitrogen and oxygen atoms in total. The molecule has 0 spiro atoms. The Kier molecular flexibility index (Phi) is 3.89. The van der Waals surface area contributed by atoms with Crippen LogP contribution in [-0.4, -0.2) is 15.7 Å². The largest absolute Gasteiger partial charge is 0.324 e. The minimum atomic E-state index is -0.180. The van der Waals surface area contributed by atoms with Crippen molar-refractivity contribution in [1.82, 2.24) is 9.78 Å². The zero-order valence-electron chi connectivity index (χ0n) is 9.65. The van der Waals surface area contributed by atoms with Crippen molar-refractivity contribution in [3.05, 3.63) is 46.2 Å². The summed E-state index contributed by atoms with van der Waals surface area (Å²) in [5.74, 6) is -0.180. The predicted octanol–water partition coefficient (Wildman–Crippen LogP) is 3.14. The molecule has 0 aliphatic heterocycles. The van der Waals surface area contributed by atoms with E-state index in [1.807, 2.05) is 6.92 Å². The number of hydrogen-bond donors (Lipinski definition) is 1. The topological polar surface area (TPSA) is 46.9 Å². The lowest BCUT2D eigenvalue weighted by atomic mass is 10.2. The minimum absolute atomic E-state index is 0.110. The molecule has 2 rings (SSSR count). The molecule has 1 heterocycles. The van der Waals surface area contributed by atoms with Crippen molar-refractivity contribution in [2.24, 2.45) is 0 Å². The SMILES string of the molecule is Cc1c(Cl)cccc1NC(=O)Cn1cc(Cl)cn1. The highest BCUT2D eigenvalue weighted by atomic mass is 35.5. The van der Waals surface area contributed by atoms with Gasteiger partial charge in [0.1, 0.15) is 6.54 Å². The number of nitrogens with zero attached hydrogens (tertiary/aromatic N) is 2. The van der Waals surface area contributed by atoms with Crippen LogP contribution < -0.4 is 5.32 Å². The molecule has 6 heteroatoms. The maximum absolute atomic E-state index is 11.8. The van der Waals surface area contributed by atoms with E-state index >= 15 is 0 Å². The second kappa shape index (κ2) is 5.42. The van der Waals surface area contributed by atoms with Gasteiger partial charge in [-0.25, -0.2) is 0 Å². The van der Waals surface area contributed by atoms with Gasteiger partial charge in [-0.2, -0.15) is 5.10 Å². The van der Waals surface area contributed by atoms with E-state index in [9.17, 15) is 4.79 Å². The number of anilines is 1. The van der Waals surface area contributed by atoms with Crippen molar-refractivity contribution in [1.29, 1.82) is 0 Å². The molecule has 0 fully saturated rings. The summed E-state index contributed by atoms with van der Waals surface area (Å²) in [6, 6.07) is 5.37. The van der Waals surface area contributed by atoms with Crippen LogP contribution in [0.1, 0.15) is 5.56 Å². The molecule has 0 saturated carbocycles. The van der Waals surface area contributed by atoms with Crippen molar-refractivity contribution >= 4 is 34.8 Å². The van der Waals surface area contributed by atoms with Crippen molar-refractivity contribution in [3.8, 4) is 0 Å². The number of aromatic nitrogens is 2. The van der Waals surface area contributed by atoms with E-state index in [0.29, 0.717) is 15.7 Å². The van der Waals surface area contributed by atoms with Gasteiger partial charge in [-0.15, -0.1) is 0 Å². The Balaban J connectivity index is 2.05. The van der Waals surface area contributed by atoms with E-state index in [-0.39, 0.29) is 12.5 Å². The summed E-state index contributed by atoms with van der Waals surface area (Å²) in [5, 5.41) is 7.84. The number of hydrogen-bond acceptors (Lipinski definition) is 2. The first-order chi connectivity index (χ1) is 8.56. The first-order valence-corrected chi connectivity index (χ1v) is 6.05. The van der Waals surface area contributed by atoms with Gasteiger partial charge >= 0.3 is 0 Å². The second-order valence-electron chi connectivity index (χ2n) is 3.82. The van der Waals surface area contributed by atoms with Gasteiger partial charge in [-0.3, -0.25) is 9.48 Å². The molecule has 0 bridgehead atoms. The third kappa shape index (κ3) is 3.03. The first-order valence-electron chi connectivity index (χ1n) is 5.29. The molecule has 18 heavy (non-hydrogen) atoms. The Hall–Kier alpha value is -1.52. The van der Waals surface area contributed by atoms with Gasteiger partial charge < -0.3 is 5.32 Å². The number of halogens is 2. The van der Waals surface area contributed by atoms with Crippen molar-refractivity contribution in [2.45, 2.75) is 13.5 Å². The van der Waals surface area contributed by atoms with Crippen LogP contribution in [-0.2, 0) is 11.3 Å². The van der Waals surface area contributed by atoms with E-state index in [4.69, 9.17) is 23.2 Å². The monoisotopic (exact) mass is 283 g/mol. The lowest BCUT2D eigenvalue weighted by Gasteiger charge is -2.09. The number of carbonyl (C=O) groups excluding carboxylic acids is 1. The highest BCUT2D eigenvalue weighted by molar-refractivity contribution is 6.31. The fourth-order valence-electron chi connectivity index (χ4n) is 1.50. The minimum Gasteiger partial charge on any atom is -0.324 e. The van der Waals surface area contributed by atoms with Crippen LogP contribution in [0.15, 0.2) is 30.6 Å². The van der Waals surface area contributed by atoms with Crippen LogP contribution in [0.3, 0.4) is 0 Å². The molecule has 0 atom stereocenters. The zero-order chi connectivity index (χ0) is 13.1. The van der Waals surface area contributed by atoms with Gasteiger partial charge in [0.15, 0.2) is 0 Å². The van der Waals surface area contributed by atoms with Crippen molar-refractivity contribution in [3.63, 3.8) is 0 Å². The summed E-state index contributed by atoms with van der Waals surface area (Å²) in [6.45, 7) is 1.96. The van der Waals surface area contributed by atoms with Gasteiger partial charge in [0.05, 0.1) is 11.2 Å². The summed E-state index contributed by atoms with van der Waals surface area (Å²) < 4.78 is 1.47. The predicted molar refractivity (Wildman–Crippen MR) is 72.1 cm³/mol. The Morgan fingerprint density at radius 3 is 2.89 bits per heavy atom. The molecule has 0 aliphatic rings. The highest BCUT2D eigenvalue weighted by Crippen LogP contribution is 2.22. The standard InChI is InChI=1S/C12H11Cl2N3O/c1-8-10(14)3-2-4-11(8)16-12(18)7-17-6-9(13)5-15-17/h2-6H,7H2,1H3,(H,16,18). The molecule has 1 aromatic carbocycles. The Bertz CT molecular complexity index is 580. The average Bonchev–Trinajstić information content (AvgIpc) is 2.70. The number of carbonyl (C=O) groups is 1. The zero-order valence-corrected chi connectivity index (χ0v) is 11.2. The van der Waals surface area contributed by atoms with E-state index in [1.54, 1.807) is 24.4 Å². The summed E-state index contributed by atoms with van der Waals surface area (Å²) in [7, 11) is 0. The Morgan fingerprint density at radius 2 is 2.22 bits per heavy atom. The van der Waals surface area contributed by atoms with E-state index < -0.39 is 0 Å². The van der Waals surface area contributed by atoms with Gasteiger partial charge in [-0.05, 0) is 24.6 Å². The normalized spacial score (nSPS) is 10.4. The molecule has 0 aliphatic carbocycles. The van der Waals surface area contributed by atoms with Crippen LogP contribution in [0.4, 0.5) is 5.69 Å². The smallest absolute Gasteiger partial charge is 0.246 e. The first kappa shape index (κ1) is 12.9. The van der Waals surface area contributed by atoms with Crippen molar-refractivity contribution in [2.75, 3.05) is 5.32 Å². The molecule has 1 aromatic heterocycles. The second-order valence-corrected chi connectivity index (χ2v) is 4.66. The van der Waals surface area contributed by atoms with Crippen LogP contribution in [0.5, 0.6) is 0 Å². The van der Waals surface area contributed by atoms with Crippen LogP contribution in [0, 0.1) is 6.92 Å². The van der Waals surface area contributed by atoms with Crippen LogP contribution in [0.2, 0.25) is 10.0 Å². The Labute approximate surface area is 115 Å². The third-order valence-electron chi connectivity index (χ3n) is 2.45. The molecule has 1 N–H and O–H groups in total. The van der Waals surface area contributed by atoms with Gasteiger partial charge in [-0.1, -0.05) is 29.3 Å². The number of rotatable bonds is 3. The van der Waals surface area contributed by atoms with E-state index in [1.165, 1.54) is 10.9 Å². The number of amides is 1. The molecule has 0 unspecified atom stereocenters. The van der Waals surface area contributed by atoms with Crippen molar-refractivity contribution < 1.29 is 4.79 Å². The highest BCUT2D eigenvalue weighted by Gasteiger charge is 2.08. The molecule has 2 aromatic rings. The molecule has 94 valence electrons. The quantitative estimate of drug-likeness (QED) is 0.941. The lowest BCUT2D eigenvalue weighted by Crippen LogP contribution is -2.19. The summed E-state index contributed by atoms with van der Waals surface area (Å²) >= 11 is 11.7. The fourth-order valence-corrected chi connectivity index (χ4v) is 1.84. The molecule has 1 amide bonds. The van der Waals surface area contributed by atoms with E-state index in [2.05, 4.69) is 10.4 Å². The number of benzene rings is 1. The van der Waals surface area contributed by atoms with Gasteiger partial charge in [0, 0.05) is 16.9 Å². The molecular formula is C12H11Cl2N3O. The summed E-state index contributed by atoms with van der Waals surface area (Å²) in [6.07, 6.45) is 3.07. The fraction of sp³-hybridized carbons (Fsp3) is 0.167. The van der Waals surface area contributed by atoms with Crippen LogP contribution >= 0.6 is 23.2 Å². The molecule has 0 radical (unpaired) electrons. The van der Waals surface area contributed by atoms with Crippen LogP contribution in [0.25, 0.3) is 0 Å². The maximum atomic E-state index is 11.8. The molecule has 0 saturated heterocycles. The Morgan fingerprint density at radius 1 is 1.44 bits per heavy atom.